The van der Waals surface area contributed by atoms with Gasteiger partial charge in [-0.25, -0.2) is 9.37 Å². The van der Waals surface area contributed by atoms with E-state index in [4.69, 9.17) is 4.74 Å². The van der Waals surface area contributed by atoms with Crippen LogP contribution >= 0.6 is 0 Å². The average Bonchev–Trinajstić information content (AvgIpc) is 3.08. The van der Waals surface area contributed by atoms with Crippen molar-refractivity contribution in [2.45, 2.75) is 6.54 Å². The Morgan fingerprint density at radius 1 is 0.929 bits per heavy atom. The van der Waals surface area contributed by atoms with Gasteiger partial charge in [-0.15, -0.1) is 0 Å². The number of rotatable bonds is 6. The minimum absolute atomic E-state index is 0.248. The molecule has 140 valence electrons. The van der Waals surface area contributed by atoms with Crippen LogP contribution in [0.2, 0.25) is 0 Å². The van der Waals surface area contributed by atoms with Gasteiger partial charge in [0.05, 0.1) is 11.9 Å². The third-order valence-corrected chi connectivity index (χ3v) is 4.46. The number of imidazole rings is 1. The lowest BCUT2D eigenvalue weighted by atomic mass is 10.2. The van der Waals surface area contributed by atoms with Crippen LogP contribution in [0.4, 0.5) is 10.3 Å². The predicted molar refractivity (Wildman–Crippen MR) is 109 cm³/mol. The lowest BCUT2D eigenvalue weighted by Gasteiger charge is -2.10. The third kappa shape index (κ3) is 4.04. The van der Waals surface area contributed by atoms with Crippen LogP contribution in [0.25, 0.3) is 11.3 Å². The van der Waals surface area contributed by atoms with Gasteiger partial charge in [0.15, 0.2) is 0 Å². The van der Waals surface area contributed by atoms with Crippen LogP contribution in [0.5, 0.6) is 11.5 Å². The Labute approximate surface area is 163 Å². The summed E-state index contributed by atoms with van der Waals surface area (Å²) < 4.78 is 21.0. The number of hydrogen-bond acceptors (Lipinski definition) is 3. The van der Waals surface area contributed by atoms with E-state index in [1.54, 1.807) is 18.3 Å². The summed E-state index contributed by atoms with van der Waals surface area (Å²) in [5.74, 6) is 2.09. The Morgan fingerprint density at radius 3 is 2.46 bits per heavy atom. The smallest absolute Gasteiger partial charge is 0.203 e. The molecule has 0 aliphatic heterocycles. The van der Waals surface area contributed by atoms with Crippen LogP contribution < -0.4 is 10.1 Å². The first-order valence-electron chi connectivity index (χ1n) is 9.02. The molecule has 0 saturated heterocycles. The van der Waals surface area contributed by atoms with E-state index in [1.165, 1.54) is 12.1 Å². The minimum Gasteiger partial charge on any atom is -0.457 e. The van der Waals surface area contributed by atoms with Crippen LogP contribution in [0.3, 0.4) is 0 Å². The molecule has 0 saturated carbocycles. The Morgan fingerprint density at radius 2 is 1.68 bits per heavy atom. The summed E-state index contributed by atoms with van der Waals surface area (Å²) in [5, 5.41) is 3.34. The van der Waals surface area contributed by atoms with E-state index in [1.807, 2.05) is 66.2 Å². The van der Waals surface area contributed by atoms with E-state index < -0.39 is 0 Å². The molecule has 0 unspecified atom stereocenters. The summed E-state index contributed by atoms with van der Waals surface area (Å²) in [4.78, 5) is 4.45. The average molecular weight is 373 g/mol. The topological polar surface area (TPSA) is 39.1 Å². The predicted octanol–water partition coefficient (Wildman–Crippen LogP) is 5.63. The quantitative estimate of drug-likeness (QED) is 0.476. The summed E-state index contributed by atoms with van der Waals surface area (Å²) in [5.41, 5.74) is 2.92. The van der Waals surface area contributed by atoms with E-state index in [0.717, 1.165) is 34.3 Å². The standard InChI is InChI=1S/C23H20FN3O/c1-27-22(18-10-12-19(24)13-11-18)16-26-23(27)25-15-17-6-5-9-21(14-17)28-20-7-3-2-4-8-20/h2-14,16H,15H2,1H3,(H,25,26). The van der Waals surface area contributed by atoms with Crippen molar-refractivity contribution in [1.82, 2.24) is 9.55 Å². The van der Waals surface area contributed by atoms with Gasteiger partial charge in [0, 0.05) is 19.2 Å². The number of ether oxygens (including phenoxy) is 1. The molecule has 1 heterocycles. The molecule has 4 nitrogen and oxygen atoms in total. The molecule has 28 heavy (non-hydrogen) atoms. The summed E-state index contributed by atoms with van der Waals surface area (Å²) in [6.45, 7) is 0.611. The number of hydrogen-bond donors (Lipinski definition) is 1. The molecular weight excluding hydrogens is 353 g/mol. The first-order chi connectivity index (χ1) is 13.7. The molecule has 5 heteroatoms. The van der Waals surface area contributed by atoms with Gasteiger partial charge in [-0.3, -0.25) is 0 Å². The highest BCUT2D eigenvalue weighted by Crippen LogP contribution is 2.24. The maximum Gasteiger partial charge on any atom is 0.203 e. The lowest BCUT2D eigenvalue weighted by molar-refractivity contribution is 0.482. The van der Waals surface area contributed by atoms with E-state index in [-0.39, 0.29) is 5.82 Å². The van der Waals surface area contributed by atoms with Crippen molar-refractivity contribution in [3.8, 4) is 22.8 Å². The summed E-state index contributed by atoms with van der Waals surface area (Å²) in [7, 11) is 1.93. The number of benzene rings is 3. The van der Waals surface area contributed by atoms with Gasteiger partial charge in [-0.1, -0.05) is 30.3 Å². The number of nitrogens with zero attached hydrogens (tertiary/aromatic N) is 2. The molecule has 0 fully saturated rings. The van der Waals surface area contributed by atoms with E-state index in [0.29, 0.717) is 6.54 Å². The molecule has 0 atom stereocenters. The van der Waals surface area contributed by atoms with Crippen molar-refractivity contribution in [1.29, 1.82) is 0 Å². The second-order valence-electron chi connectivity index (χ2n) is 6.45. The SMILES string of the molecule is Cn1c(-c2ccc(F)cc2)cnc1NCc1cccc(Oc2ccccc2)c1. The van der Waals surface area contributed by atoms with Crippen LogP contribution in [0, 0.1) is 5.82 Å². The van der Waals surface area contributed by atoms with Gasteiger partial charge >= 0.3 is 0 Å². The molecule has 4 rings (SSSR count). The van der Waals surface area contributed by atoms with Crippen molar-refractivity contribution >= 4 is 5.95 Å². The van der Waals surface area contributed by atoms with E-state index in [9.17, 15) is 4.39 Å². The van der Waals surface area contributed by atoms with Crippen molar-refractivity contribution in [3.05, 3.63) is 96.4 Å². The Bertz CT molecular complexity index is 1060. The number of aromatic nitrogens is 2. The zero-order valence-corrected chi connectivity index (χ0v) is 15.5. The number of para-hydroxylation sites is 1. The molecule has 0 spiro atoms. The fourth-order valence-corrected chi connectivity index (χ4v) is 2.99. The first kappa shape index (κ1) is 17.8. The molecule has 1 N–H and O–H groups in total. The van der Waals surface area contributed by atoms with Crippen molar-refractivity contribution in [2.75, 3.05) is 5.32 Å². The maximum absolute atomic E-state index is 13.1. The van der Waals surface area contributed by atoms with Gasteiger partial charge in [0.25, 0.3) is 0 Å². The first-order valence-corrected chi connectivity index (χ1v) is 9.02. The molecule has 0 aliphatic rings. The Kier molecular flexibility index (Phi) is 5.06. The normalized spacial score (nSPS) is 10.6. The summed E-state index contributed by atoms with van der Waals surface area (Å²) in [6, 6.07) is 24.1. The van der Waals surface area contributed by atoms with Crippen molar-refractivity contribution < 1.29 is 9.13 Å². The zero-order chi connectivity index (χ0) is 19.3. The molecular formula is C23H20FN3O. The van der Waals surface area contributed by atoms with Gasteiger partial charge in [0.1, 0.15) is 17.3 Å². The second-order valence-corrected chi connectivity index (χ2v) is 6.45. The van der Waals surface area contributed by atoms with Crippen LogP contribution in [-0.4, -0.2) is 9.55 Å². The monoisotopic (exact) mass is 373 g/mol. The second kappa shape index (κ2) is 7.96. The zero-order valence-electron chi connectivity index (χ0n) is 15.5. The van der Waals surface area contributed by atoms with E-state index in [2.05, 4.69) is 10.3 Å². The maximum atomic E-state index is 13.1. The number of nitrogens with one attached hydrogen (secondary N) is 1. The van der Waals surface area contributed by atoms with Crippen LogP contribution in [-0.2, 0) is 13.6 Å². The molecule has 0 radical (unpaired) electrons. The summed E-state index contributed by atoms with van der Waals surface area (Å²) >= 11 is 0. The fourth-order valence-electron chi connectivity index (χ4n) is 2.99. The third-order valence-electron chi connectivity index (χ3n) is 4.46. The largest absolute Gasteiger partial charge is 0.457 e. The molecule has 0 aliphatic carbocycles. The highest BCUT2D eigenvalue weighted by atomic mass is 19.1. The van der Waals surface area contributed by atoms with E-state index >= 15 is 0 Å². The van der Waals surface area contributed by atoms with Gasteiger partial charge in [-0.05, 0) is 54.1 Å². The van der Waals surface area contributed by atoms with Gasteiger partial charge in [0.2, 0.25) is 5.95 Å². The van der Waals surface area contributed by atoms with Crippen LogP contribution in [0.15, 0.2) is 85.1 Å². The van der Waals surface area contributed by atoms with Gasteiger partial charge in [-0.2, -0.15) is 0 Å². The number of halogens is 1. The van der Waals surface area contributed by atoms with Crippen molar-refractivity contribution in [2.24, 2.45) is 7.05 Å². The van der Waals surface area contributed by atoms with Gasteiger partial charge < -0.3 is 14.6 Å². The highest BCUT2D eigenvalue weighted by Gasteiger charge is 2.09. The number of anilines is 1. The van der Waals surface area contributed by atoms with Crippen molar-refractivity contribution in [3.63, 3.8) is 0 Å². The Hall–Kier alpha value is -3.60. The Balaban J connectivity index is 1.45. The fraction of sp³-hybridized carbons (Fsp3) is 0.0870. The van der Waals surface area contributed by atoms with Crippen LogP contribution in [0.1, 0.15) is 5.56 Å². The molecule has 1 aromatic heterocycles. The molecule has 0 amide bonds. The minimum atomic E-state index is -0.248. The molecule has 3 aromatic carbocycles. The summed E-state index contributed by atoms with van der Waals surface area (Å²) in [6.07, 6.45) is 1.78. The highest BCUT2D eigenvalue weighted by molar-refractivity contribution is 5.61. The molecule has 0 bridgehead atoms. The molecule has 4 aromatic rings. The lowest BCUT2D eigenvalue weighted by Crippen LogP contribution is -2.05.